The molecule has 1 aliphatic heterocycles. The molecule has 1 heterocycles. The van der Waals surface area contributed by atoms with E-state index in [9.17, 15) is 19.2 Å². The van der Waals surface area contributed by atoms with E-state index >= 15 is 0 Å². The number of hydrazine groups is 1. The van der Waals surface area contributed by atoms with Crippen molar-refractivity contribution >= 4 is 58.6 Å². The van der Waals surface area contributed by atoms with Crippen LogP contribution in [0.2, 0.25) is 10.0 Å². The highest BCUT2D eigenvalue weighted by molar-refractivity contribution is 8.00. The van der Waals surface area contributed by atoms with Crippen LogP contribution in [0.4, 0.5) is 0 Å². The molecule has 0 atom stereocenters. The van der Waals surface area contributed by atoms with Crippen LogP contribution in [0.25, 0.3) is 0 Å². The molecule has 10 heteroatoms. The van der Waals surface area contributed by atoms with Crippen molar-refractivity contribution in [3.63, 3.8) is 0 Å². The second-order valence-corrected chi connectivity index (χ2v) is 7.56. The molecule has 0 saturated carbocycles. The monoisotopic (exact) mass is 437 g/mol. The molecule has 0 aliphatic carbocycles. The van der Waals surface area contributed by atoms with E-state index < -0.39 is 30.2 Å². The zero-order chi connectivity index (χ0) is 20.3. The highest BCUT2D eigenvalue weighted by atomic mass is 35.5. The van der Waals surface area contributed by atoms with Gasteiger partial charge in [0.25, 0.3) is 17.7 Å². The molecule has 7 nitrogen and oxygen atoms in total. The van der Waals surface area contributed by atoms with E-state index in [1.807, 2.05) is 0 Å². The summed E-state index contributed by atoms with van der Waals surface area (Å²) in [7, 11) is 0. The van der Waals surface area contributed by atoms with Crippen LogP contribution >= 0.6 is 35.0 Å². The lowest BCUT2D eigenvalue weighted by molar-refractivity contribution is -0.127. The third kappa shape index (κ3) is 4.46. The minimum atomic E-state index is -0.700. The Morgan fingerprint density at radius 3 is 2.18 bits per heavy atom. The van der Waals surface area contributed by atoms with Crippen molar-refractivity contribution in [1.29, 1.82) is 0 Å². The summed E-state index contributed by atoms with van der Waals surface area (Å²) in [6.07, 6.45) is 0. The maximum absolute atomic E-state index is 12.2. The normalized spacial score (nSPS) is 12.7. The summed E-state index contributed by atoms with van der Waals surface area (Å²) in [4.78, 5) is 49.8. The quantitative estimate of drug-likeness (QED) is 0.425. The van der Waals surface area contributed by atoms with Crippen molar-refractivity contribution in [1.82, 2.24) is 15.8 Å². The standard InChI is InChI=1S/C18H13Cl2N3O4S/c19-10-5-6-13(20)14(7-10)28-9-16(25)22-21-15(24)8-23-17(26)11-3-1-2-4-12(11)18(23)27/h1-7H,8-9H2,(H,21,24)(H,22,25). The molecule has 0 spiro atoms. The molecule has 0 saturated heterocycles. The molecular formula is C18H13Cl2N3O4S. The highest BCUT2D eigenvalue weighted by Crippen LogP contribution is 2.29. The van der Waals surface area contributed by atoms with E-state index in [-0.39, 0.29) is 16.9 Å². The molecule has 0 unspecified atom stereocenters. The molecule has 28 heavy (non-hydrogen) atoms. The zero-order valence-corrected chi connectivity index (χ0v) is 16.5. The van der Waals surface area contributed by atoms with Crippen LogP contribution in [0.3, 0.4) is 0 Å². The van der Waals surface area contributed by atoms with Crippen molar-refractivity contribution in [2.24, 2.45) is 0 Å². The van der Waals surface area contributed by atoms with Crippen LogP contribution in [0, 0.1) is 0 Å². The van der Waals surface area contributed by atoms with E-state index in [0.717, 1.165) is 16.7 Å². The number of rotatable bonds is 5. The number of imide groups is 1. The molecule has 0 fully saturated rings. The Balaban J connectivity index is 1.48. The van der Waals surface area contributed by atoms with Crippen LogP contribution < -0.4 is 10.9 Å². The fraction of sp³-hybridized carbons (Fsp3) is 0.111. The van der Waals surface area contributed by atoms with Gasteiger partial charge in [-0.1, -0.05) is 35.3 Å². The summed E-state index contributed by atoms with van der Waals surface area (Å²) in [6, 6.07) is 11.2. The lowest BCUT2D eigenvalue weighted by atomic mass is 10.1. The number of nitrogens with zero attached hydrogens (tertiary/aromatic N) is 1. The van der Waals surface area contributed by atoms with Crippen LogP contribution in [-0.4, -0.2) is 40.8 Å². The number of benzene rings is 2. The number of carbonyl (C=O) groups excluding carboxylic acids is 4. The smallest absolute Gasteiger partial charge is 0.262 e. The number of nitrogens with one attached hydrogen (secondary N) is 2. The Morgan fingerprint density at radius 2 is 1.54 bits per heavy atom. The van der Waals surface area contributed by atoms with Crippen LogP contribution in [0.15, 0.2) is 47.4 Å². The van der Waals surface area contributed by atoms with E-state index in [1.54, 1.807) is 30.3 Å². The summed E-state index contributed by atoms with van der Waals surface area (Å²) in [5.74, 6) is -2.31. The molecule has 1 aliphatic rings. The molecule has 2 aromatic rings. The number of thioether (sulfide) groups is 1. The minimum absolute atomic E-state index is 0.0205. The van der Waals surface area contributed by atoms with E-state index in [2.05, 4.69) is 10.9 Å². The van der Waals surface area contributed by atoms with Crippen molar-refractivity contribution in [3.05, 3.63) is 63.6 Å². The molecule has 4 amide bonds. The van der Waals surface area contributed by atoms with Crippen molar-refractivity contribution in [2.75, 3.05) is 12.3 Å². The predicted molar refractivity (Wildman–Crippen MR) is 105 cm³/mol. The summed E-state index contributed by atoms with van der Waals surface area (Å²) < 4.78 is 0. The largest absolute Gasteiger partial charge is 0.272 e. The van der Waals surface area contributed by atoms with Crippen molar-refractivity contribution in [2.45, 2.75) is 4.90 Å². The van der Waals surface area contributed by atoms with Gasteiger partial charge >= 0.3 is 0 Å². The molecular weight excluding hydrogens is 425 g/mol. The average molecular weight is 438 g/mol. The second-order valence-electron chi connectivity index (χ2n) is 5.70. The molecule has 0 radical (unpaired) electrons. The number of carbonyl (C=O) groups is 4. The summed E-state index contributed by atoms with van der Waals surface area (Å²) >= 11 is 13.0. The Labute approximate surface area is 174 Å². The van der Waals surface area contributed by atoms with Gasteiger partial charge in [-0.05, 0) is 30.3 Å². The van der Waals surface area contributed by atoms with Gasteiger partial charge in [-0.25, -0.2) is 0 Å². The van der Waals surface area contributed by atoms with E-state index in [1.165, 1.54) is 12.1 Å². The van der Waals surface area contributed by atoms with Gasteiger partial charge in [0, 0.05) is 9.92 Å². The first kappa shape index (κ1) is 20.2. The fourth-order valence-corrected chi connectivity index (χ4v) is 3.77. The number of halogens is 2. The lowest BCUT2D eigenvalue weighted by Crippen LogP contribution is -2.48. The Kier molecular flexibility index (Phi) is 6.23. The number of hydrogen-bond donors (Lipinski definition) is 2. The third-order valence-electron chi connectivity index (χ3n) is 3.77. The topological polar surface area (TPSA) is 95.6 Å². The Hall–Kier alpha value is -2.55. The van der Waals surface area contributed by atoms with Crippen molar-refractivity contribution in [3.8, 4) is 0 Å². The maximum atomic E-state index is 12.2. The van der Waals surface area contributed by atoms with Crippen molar-refractivity contribution < 1.29 is 19.2 Å². The zero-order valence-electron chi connectivity index (χ0n) is 14.2. The first-order valence-corrected chi connectivity index (χ1v) is 9.71. The number of amides is 4. The fourth-order valence-electron chi connectivity index (χ4n) is 2.47. The number of hydrogen-bond acceptors (Lipinski definition) is 5. The summed E-state index contributed by atoms with van der Waals surface area (Å²) in [5.41, 5.74) is 4.91. The molecule has 2 aromatic carbocycles. The van der Waals surface area contributed by atoms with Crippen LogP contribution in [0.5, 0.6) is 0 Å². The third-order valence-corrected chi connectivity index (χ3v) is 5.51. The van der Waals surface area contributed by atoms with E-state index in [0.29, 0.717) is 14.9 Å². The second kappa shape index (κ2) is 8.64. The Bertz CT molecular complexity index is 948. The molecule has 0 bridgehead atoms. The van der Waals surface area contributed by atoms with Crippen LogP contribution in [0.1, 0.15) is 20.7 Å². The van der Waals surface area contributed by atoms with Gasteiger partial charge in [0.05, 0.1) is 21.9 Å². The van der Waals surface area contributed by atoms with Gasteiger partial charge in [-0.3, -0.25) is 34.9 Å². The van der Waals surface area contributed by atoms with Gasteiger partial charge in [0.2, 0.25) is 5.91 Å². The Morgan fingerprint density at radius 1 is 0.929 bits per heavy atom. The van der Waals surface area contributed by atoms with E-state index in [4.69, 9.17) is 23.2 Å². The van der Waals surface area contributed by atoms with Gasteiger partial charge in [0.1, 0.15) is 6.54 Å². The molecule has 2 N–H and O–H groups in total. The van der Waals surface area contributed by atoms with Gasteiger partial charge in [-0.15, -0.1) is 11.8 Å². The average Bonchev–Trinajstić information content (AvgIpc) is 2.92. The van der Waals surface area contributed by atoms with Crippen LogP contribution in [-0.2, 0) is 9.59 Å². The lowest BCUT2D eigenvalue weighted by Gasteiger charge is -2.14. The summed E-state index contributed by atoms with van der Waals surface area (Å²) in [6.45, 7) is -0.500. The first-order chi connectivity index (χ1) is 13.4. The molecule has 144 valence electrons. The number of fused-ring (bicyclic) bond motifs is 1. The van der Waals surface area contributed by atoms with Gasteiger partial charge < -0.3 is 0 Å². The predicted octanol–water partition coefficient (Wildman–Crippen LogP) is 2.53. The van der Waals surface area contributed by atoms with Gasteiger partial charge in [0.15, 0.2) is 0 Å². The summed E-state index contributed by atoms with van der Waals surface area (Å²) in [5, 5.41) is 0.943. The first-order valence-electron chi connectivity index (χ1n) is 7.97. The van der Waals surface area contributed by atoms with Gasteiger partial charge in [-0.2, -0.15) is 0 Å². The highest BCUT2D eigenvalue weighted by Gasteiger charge is 2.36. The maximum Gasteiger partial charge on any atom is 0.262 e. The minimum Gasteiger partial charge on any atom is -0.272 e. The SMILES string of the molecule is O=C(CSc1cc(Cl)ccc1Cl)NNC(=O)CN1C(=O)c2ccccc2C1=O. The molecule has 3 rings (SSSR count). The molecule has 0 aromatic heterocycles.